The fourth-order valence-corrected chi connectivity index (χ4v) is 3.65. The van der Waals surface area contributed by atoms with E-state index in [1.807, 2.05) is 61.5 Å². The average molecular weight is 448 g/mol. The summed E-state index contributed by atoms with van der Waals surface area (Å²) >= 11 is 6.48. The Labute approximate surface area is 191 Å². The van der Waals surface area contributed by atoms with Crippen LogP contribution in [0.3, 0.4) is 0 Å². The van der Waals surface area contributed by atoms with Crippen molar-refractivity contribution >= 4 is 29.5 Å². The molecule has 4 rings (SSSR count). The summed E-state index contributed by atoms with van der Waals surface area (Å²) in [6.07, 6.45) is 2.37. The number of esters is 1. The number of aryl methyl sites for hydroxylation is 1. The number of carbonyl (C=O) groups excluding carboxylic acids is 1. The molecule has 0 atom stereocenters. The van der Waals surface area contributed by atoms with Crippen molar-refractivity contribution in [2.75, 3.05) is 13.7 Å². The predicted octanol–water partition coefficient (Wildman–Crippen LogP) is 5.62. The maximum Gasteiger partial charge on any atom is 0.363 e. The second-order valence-corrected chi connectivity index (χ2v) is 7.68. The highest BCUT2D eigenvalue weighted by Crippen LogP contribution is 2.37. The molecule has 0 aliphatic carbocycles. The van der Waals surface area contributed by atoms with E-state index in [4.69, 9.17) is 25.8 Å². The van der Waals surface area contributed by atoms with Crippen LogP contribution in [0, 0.1) is 6.92 Å². The summed E-state index contributed by atoms with van der Waals surface area (Å²) in [5.41, 5.74) is 3.78. The van der Waals surface area contributed by atoms with E-state index in [2.05, 4.69) is 4.99 Å². The van der Waals surface area contributed by atoms with E-state index in [0.29, 0.717) is 34.6 Å². The molecule has 0 fully saturated rings. The summed E-state index contributed by atoms with van der Waals surface area (Å²) in [5, 5.41) is 0.388. The van der Waals surface area contributed by atoms with E-state index in [1.165, 1.54) is 5.56 Å². The van der Waals surface area contributed by atoms with Crippen molar-refractivity contribution in [2.45, 2.75) is 13.3 Å². The minimum absolute atomic E-state index is 0.194. The van der Waals surface area contributed by atoms with E-state index in [-0.39, 0.29) is 5.70 Å². The molecule has 0 bridgehead atoms. The molecule has 0 N–H and O–H groups in total. The molecule has 0 saturated heterocycles. The van der Waals surface area contributed by atoms with Crippen molar-refractivity contribution in [3.05, 3.63) is 99.7 Å². The molecule has 0 unspecified atom stereocenters. The van der Waals surface area contributed by atoms with E-state index >= 15 is 0 Å². The lowest BCUT2D eigenvalue weighted by Crippen LogP contribution is -2.06. The minimum atomic E-state index is -0.512. The molecule has 32 heavy (non-hydrogen) atoms. The van der Waals surface area contributed by atoms with Crippen molar-refractivity contribution < 1.29 is 19.0 Å². The SMILES string of the molecule is COc1cc(/C=C2\N=C(c3ccccc3C)OC2=O)cc(Cl)c1OCCc1ccccc1. The summed E-state index contributed by atoms with van der Waals surface area (Å²) < 4.78 is 16.7. The highest BCUT2D eigenvalue weighted by atomic mass is 35.5. The van der Waals surface area contributed by atoms with Gasteiger partial charge in [0.15, 0.2) is 17.2 Å². The zero-order chi connectivity index (χ0) is 22.5. The molecule has 1 aliphatic rings. The molecule has 5 nitrogen and oxygen atoms in total. The lowest BCUT2D eigenvalue weighted by molar-refractivity contribution is -0.129. The molecule has 0 amide bonds. The lowest BCUT2D eigenvalue weighted by atomic mass is 10.1. The van der Waals surface area contributed by atoms with Gasteiger partial charge in [0.25, 0.3) is 0 Å². The van der Waals surface area contributed by atoms with Crippen molar-refractivity contribution in [1.29, 1.82) is 0 Å². The average Bonchev–Trinajstić information content (AvgIpc) is 3.15. The Kier molecular flexibility index (Phi) is 6.57. The first kappa shape index (κ1) is 21.7. The van der Waals surface area contributed by atoms with Crippen LogP contribution in [0.15, 0.2) is 77.4 Å². The Bertz CT molecular complexity index is 1200. The number of rotatable bonds is 7. The zero-order valence-electron chi connectivity index (χ0n) is 17.8. The monoisotopic (exact) mass is 447 g/mol. The van der Waals surface area contributed by atoms with Crippen LogP contribution in [0.5, 0.6) is 11.5 Å². The van der Waals surface area contributed by atoms with E-state index in [0.717, 1.165) is 17.5 Å². The fourth-order valence-electron chi connectivity index (χ4n) is 3.37. The third-order valence-corrected chi connectivity index (χ3v) is 5.31. The second-order valence-electron chi connectivity index (χ2n) is 7.27. The fraction of sp³-hybridized carbons (Fsp3) is 0.154. The topological polar surface area (TPSA) is 57.1 Å². The minimum Gasteiger partial charge on any atom is -0.493 e. The van der Waals surface area contributed by atoms with E-state index < -0.39 is 5.97 Å². The van der Waals surface area contributed by atoms with E-state index in [1.54, 1.807) is 25.3 Å². The summed E-state index contributed by atoms with van der Waals surface area (Å²) in [5.74, 6) is 0.719. The maximum absolute atomic E-state index is 12.4. The standard InChI is InChI=1S/C26H22ClNO4/c1-17-8-6-7-11-20(17)25-28-22(26(29)32-25)15-19-14-21(27)24(23(16-19)30-2)31-13-12-18-9-4-3-5-10-18/h3-11,14-16H,12-13H2,1-2H3/b22-15-. The van der Waals surface area contributed by atoms with Gasteiger partial charge in [-0.2, -0.15) is 0 Å². The predicted molar refractivity (Wildman–Crippen MR) is 125 cm³/mol. The first-order valence-electron chi connectivity index (χ1n) is 10.2. The Morgan fingerprint density at radius 2 is 1.81 bits per heavy atom. The molecule has 162 valence electrons. The zero-order valence-corrected chi connectivity index (χ0v) is 18.6. The van der Waals surface area contributed by atoms with Crippen molar-refractivity contribution in [3.63, 3.8) is 0 Å². The smallest absolute Gasteiger partial charge is 0.363 e. The second kappa shape index (κ2) is 9.71. The summed E-state index contributed by atoms with van der Waals surface area (Å²) in [6.45, 7) is 2.39. The Morgan fingerprint density at radius 1 is 1.06 bits per heavy atom. The van der Waals surface area contributed by atoms with Crippen LogP contribution in [0.1, 0.15) is 22.3 Å². The molecule has 6 heteroatoms. The Hall–Kier alpha value is -3.57. The molecule has 3 aromatic rings. The molecular weight excluding hydrogens is 426 g/mol. The normalized spacial score (nSPS) is 14.3. The van der Waals surface area contributed by atoms with Crippen molar-refractivity contribution in [1.82, 2.24) is 0 Å². The van der Waals surface area contributed by atoms with Gasteiger partial charge in [0.05, 0.1) is 18.7 Å². The Morgan fingerprint density at radius 3 is 2.56 bits per heavy atom. The van der Waals surface area contributed by atoms with Gasteiger partial charge >= 0.3 is 5.97 Å². The van der Waals surface area contributed by atoms with Gasteiger partial charge < -0.3 is 14.2 Å². The number of halogens is 1. The maximum atomic E-state index is 12.4. The molecule has 1 aliphatic heterocycles. The van der Waals surface area contributed by atoms with Crippen LogP contribution in [0.25, 0.3) is 6.08 Å². The van der Waals surface area contributed by atoms with Crippen LogP contribution in [0.4, 0.5) is 0 Å². The number of cyclic esters (lactones) is 1. The van der Waals surface area contributed by atoms with Gasteiger partial charge in [0.2, 0.25) is 5.90 Å². The summed E-state index contributed by atoms with van der Waals surface area (Å²) in [7, 11) is 1.55. The van der Waals surface area contributed by atoms with Crippen LogP contribution in [-0.2, 0) is 16.0 Å². The molecular formula is C26H22ClNO4. The van der Waals surface area contributed by atoms with Crippen LogP contribution in [-0.4, -0.2) is 25.6 Å². The molecule has 0 saturated carbocycles. The first-order valence-corrected chi connectivity index (χ1v) is 10.6. The van der Waals surface area contributed by atoms with E-state index in [9.17, 15) is 4.79 Å². The molecule has 0 radical (unpaired) electrons. The highest BCUT2D eigenvalue weighted by Gasteiger charge is 2.25. The van der Waals surface area contributed by atoms with Crippen molar-refractivity contribution in [3.8, 4) is 11.5 Å². The van der Waals surface area contributed by atoms with Crippen LogP contribution in [0.2, 0.25) is 5.02 Å². The van der Waals surface area contributed by atoms with Crippen molar-refractivity contribution in [2.24, 2.45) is 4.99 Å². The third-order valence-electron chi connectivity index (χ3n) is 5.03. The molecule has 1 heterocycles. The number of benzene rings is 3. The van der Waals surface area contributed by atoms with Gasteiger partial charge in [-0.25, -0.2) is 9.79 Å². The number of hydrogen-bond donors (Lipinski definition) is 0. The van der Waals surface area contributed by atoms with Gasteiger partial charge in [-0.05, 0) is 47.9 Å². The summed E-state index contributed by atoms with van der Waals surface area (Å²) in [4.78, 5) is 16.7. The van der Waals surface area contributed by atoms with Gasteiger partial charge in [-0.15, -0.1) is 0 Å². The number of ether oxygens (including phenoxy) is 3. The third kappa shape index (κ3) is 4.84. The molecule has 3 aromatic carbocycles. The largest absolute Gasteiger partial charge is 0.493 e. The highest BCUT2D eigenvalue weighted by molar-refractivity contribution is 6.32. The molecule has 0 spiro atoms. The number of nitrogens with zero attached hydrogens (tertiary/aromatic N) is 1. The van der Waals surface area contributed by atoms with Gasteiger partial charge in [0, 0.05) is 12.0 Å². The quantitative estimate of drug-likeness (QED) is 0.348. The van der Waals surface area contributed by atoms with Gasteiger partial charge in [-0.3, -0.25) is 0 Å². The van der Waals surface area contributed by atoms with Crippen LogP contribution < -0.4 is 9.47 Å². The lowest BCUT2D eigenvalue weighted by Gasteiger charge is -2.13. The number of methoxy groups -OCH3 is 1. The van der Waals surface area contributed by atoms with Gasteiger partial charge in [0.1, 0.15) is 0 Å². The number of aliphatic imine (C=N–C) groups is 1. The Balaban J connectivity index is 1.55. The summed E-state index contributed by atoms with van der Waals surface area (Å²) in [6, 6.07) is 21.1. The number of hydrogen-bond acceptors (Lipinski definition) is 5. The number of carbonyl (C=O) groups is 1. The van der Waals surface area contributed by atoms with Crippen LogP contribution >= 0.6 is 11.6 Å². The molecule has 0 aromatic heterocycles. The first-order chi connectivity index (χ1) is 15.5. The van der Waals surface area contributed by atoms with Gasteiger partial charge in [-0.1, -0.05) is 60.1 Å².